The topological polar surface area (TPSA) is 89.7 Å². The van der Waals surface area contributed by atoms with Crippen LogP contribution in [0.25, 0.3) is 6.08 Å². The summed E-state index contributed by atoms with van der Waals surface area (Å²) in [5, 5.41) is 10.8. The molecule has 0 saturated carbocycles. The van der Waals surface area contributed by atoms with Gasteiger partial charge in [0.2, 0.25) is 0 Å². The summed E-state index contributed by atoms with van der Waals surface area (Å²) < 4.78 is 5.73. The third kappa shape index (κ3) is 4.87. The lowest BCUT2D eigenvalue weighted by Gasteiger charge is -2.12. The first-order chi connectivity index (χ1) is 15.5. The van der Waals surface area contributed by atoms with Gasteiger partial charge in [-0.2, -0.15) is 0 Å². The zero-order valence-corrected chi connectivity index (χ0v) is 17.7. The number of nitro benzene ring substituents is 1. The Hall–Kier alpha value is -3.91. The van der Waals surface area contributed by atoms with Gasteiger partial charge in [0.25, 0.3) is 16.8 Å². The van der Waals surface area contributed by atoms with Gasteiger partial charge < -0.3 is 4.74 Å². The van der Waals surface area contributed by atoms with E-state index in [9.17, 15) is 19.7 Å². The molecule has 3 aromatic carbocycles. The summed E-state index contributed by atoms with van der Waals surface area (Å²) in [7, 11) is 0. The molecule has 0 spiro atoms. The molecule has 8 heteroatoms. The number of nitrogens with zero attached hydrogens (tertiary/aromatic N) is 2. The van der Waals surface area contributed by atoms with Crippen LogP contribution in [0.15, 0.2) is 83.8 Å². The van der Waals surface area contributed by atoms with Crippen LogP contribution in [0.3, 0.4) is 0 Å². The van der Waals surface area contributed by atoms with E-state index in [4.69, 9.17) is 4.74 Å². The second-order valence-corrected chi connectivity index (χ2v) is 7.99. The van der Waals surface area contributed by atoms with E-state index in [0.29, 0.717) is 21.8 Å². The van der Waals surface area contributed by atoms with Crippen LogP contribution >= 0.6 is 11.8 Å². The fourth-order valence-corrected chi connectivity index (χ4v) is 4.06. The molecule has 3 aromatic rings. The quantitative estimate of drug-likeness (QED) is 0.274. The molecule has 0 aliphatic carbocycles. The number of ether oxygens (including phenoxy) is 1. The third-order valence-corrected chi connectivity index (χ3v) is 5.70. The van der Waals surface area contributed by atoms with E-state index in [1.807, 2.05) is 30.3 Å². The van der Waals surface area contributed by atoms with Crippen molar-refractivity contribution in [3.05, 3.63) is 111 Å². The summed E-state index contributed by atoms with van der Waals surface area (Å²) in [6.07, 6.45) is 1.65. The first-order valence-corrected chi connectivity index (χ1v) is 10.6. The van der Waals surface area contributed by atoms with Crippen LogP contribution < -0.4 is 4.74 Å². The minimum atomic E-state index is -0.444. The Labute approximate surface area is 188 Å². The number of hydrogen-bond donors (Lipinski definition) is 0. The zero-order valence-electron chi connectivity index (χ0n) is 16.8. The fourth-order valence-electron chi connectivity index (χ4n) is 3.22. The van der Waals surface area contributed by atoms with Gasteiger partial charge in [0.05, 0.1) is 21.9 Å². The average molecular weight is 446 g/mol. The molecule has 0 N–H and O–H groups in total. The van der Waals surface area contributed by atoms with Crippen LogP contribution in [0.2, 0.25) is 0 Å². The maximum absolute atomic E-state index is 12.7. The van der Waals surface area contributed by atoms with Gasteiger partial charge in [-0.3, -0.25) is 24.6 Å². The number of imide groups is 1. The highest BCUT2D eigenvalue weighted by molar-refractivity contribution is 8.18. The number of nitro groups is 1. The largest absolute Gasteiger partial charge is 0.489 e. The first-order valence-electron chi connectivity index (χ1n) is 9.76. The first kappa shape index (κ1) is 21.3. The van der Waals surface area contributed by atoms with Crippen LogP contribution in [-0.4, -0.2) is 21.0 Å². The monoisotopic (exact) mass is 446 g/mol. The molecule has 1 heterocycles. The van der Waals surface area contributed by atoms with Crippen molar-refractivity contribution in [3.63, 3.8) is 0 Å². The molecule has 2 amide bonds. The van der Waals surface area contributed by atoms with Crippen LogP contribution in [0.1, 0.15) is 16.7 Å². The molecule has 4 rings (SSSR count). The third-order valence-electron chi connectivity index (χ3n) is 4.80. The summed E-state index contributed by atoms with van der Waals surface area (Å²) in [6.45, 7) is 0.260. The molecule has 32 heavy (non-hydrogen) atoms. The van der Waals surface area contributed by atoms with Gasteiger partial charge in [0, 0.05) is 6.07 Å². The van der Waals surface area contributed by atoms with Gasteiger partial charge >= 0.3 is 0 Å². The second kappa shape index (κ2) is 9.49. The SMILES string of the molecule is O=C1S/C(=C\c2cccc(OCc3ccccc3[N+](=O)[O-])c2)C(=O)N1Cc1ccccc1. The number of para-hydroxylation sites is 1. The highest BCUT2D eigenvalue weighted by atomic mass is 32.2. The van der Waals surface area contributed by atoms with Crippen molar-refractivity contribution >= 4 is 34.7 Å². The number of thioether (sulfide) groups is 1. The van der Waals surface area contributed by atoms with Gasteiger partial charge in [-0.1, -0.05) is 54.6 Å². The van der Waals surface area contributed by atoms with Gasteiger partial charge in [0.1, 0.15) is 12.4 Å². The van der Waals surface area contributed by atoms with Crippen LogP contribution in [-0.2, 0) is 17.9 Å². The normalized spacial score (nSPS) is 14.8. The number of benzene rings is 3. The molecule has 0 atom stereocenters. The van der Waals surface area contributed by atoms with E-state index < -0.39 is 4.92 Å². The van der Waals surface area contributed by atoms with Crippen molar-refractivity contribution in [2.75, 3.05) is 0 Å². The Morgan fingerprint density at radius 2 is 1.72 bits per heavy atom. The Morgan fingerprint density at radius 1 is 0.969 bits per heavy atom. The minimum absolute atomic E-state index is 0.00394. The number of carbonyl (C=O) groups excluding carboxylic acids is 2. The smallest absolute Gasteiger partial charge is 0.293 e. The van der Waals surface area contributed by atoms with Crippen molar-refractivity contribution < 1.29 is 19.2 Å². The van der Waals surface area contributed by atoms with Gasteiger partial charge in [-0.25, -0.2) is 0 Å². The molecule has 1 aliphatic rings. The minimum Gasteiger partial charge on any atom is -0.489 e. The Balaban J connectivity index is 1.47. The predicted octanol–water partition coefficient (Wildman–Crippen LogP) is 5.41. The lowest BCUT2D eigenvalue weighted by atomic mass is 10.1. The van der Waals surface area contributed by atoms with Crippen molar-refractivity contribution in [1.29, 1.82) is 0 Å². The lowest BCUT2D eigenvalue weighted by molar-refractivity contribution is -0.385. The molecule has 0 aromatic heterocycles. The van der Waals surface area contributed by atoms with Gasteiger partial charge in [-0.15, -0.1) is 0 Å². The Bertz CT molecular complexity index is 1210. The van der Waals surface area contributed by atoms with Gasteiger partial charge in [-0.05, 0) is 47.2 Å². The van der Waals surface area contributed by atoms with E-state index in [1.165, 1.54) is 11.0 Å². The zero-order chi connectivity index (χ0) is 22.5. The molecular formula is C24H18N2O5S. The number of hydrogen-bond acceptors (Lipinski definition) is 6. The highest BCUT2D eigenvalue weighted by Gasteiger charge is 2.34. The Morgan fingerprint density at radius 3 is 2.50 bits per heavy atom. The summed E-state index contributed by atoms with van der Waals surface area (Å²) in [5.74, 6) is 0.162. The fraction of sp³-hybridized carbons (Fsp3) is 0.0833. The summed E-state index contributed by atoms with van der Waals surface area (Å²) >= 11 is 0.900. The number of rotatable bonds is 7. The second-order valence-electron chi connectivity index (χ2n) is 7.00. The molecule has 0 unspecified atom stereocenters. The molecular weight excluding hydrogens is 428 g/mol. The Kier molecular flexibility index (Phi) is 6.32. The van der Waals surface area contributed by atoms with Gasteiger partial charge in [0.15, 0.2) is 0 Å². The van der Waals surface area contributed by atoms with E-state index in [0.717, 1.165) is 17.3 Å². The molecule has 0 radical (unpaired) electrons. The number of amides is 2. The summed E-state index contributed by atoms with van der Waals surface area (Å²) in [4.78, 5) is 37.4. The molecule has 1 saturated heterocycles. The van der Waals surface area contributed by atoms with Crippen molar-refractivity contribution in [2.45, 2.75) is 13.2 Å². The van der Waals surface area contributed by atoms with Crippen molar-refractivity contribution in [3.8, 4) is 5.75 Å². The molecule has 7 nitrogen and oxygen atoms in total. The molecule has 1 fully saturated rings. The maximum Gasteiger partial charge on any atom is 0.293 e. The molecule has 160 valence electrons. The number of carbonyl (C=O) groups is 2. The standard InChI is InChI=1S/C24H18N2O5S/c27-23-22(32-24(28)25(23)15-17-7-2-1-3-8-17)14-18-9-6-11-20(13-18)31-16-19-10-4-5-12-21(19)26(29)30/h1-14H,15-16H2/b22-14-. The van der Waals surface area contributed by atoms with E-state index in [2.05, 4.69) is 0 Å². The van der Waals surface area contributed by atoms with Crippen molar-refractivity contribution in [2.24, 2.45) is 0 Å². The predicted molar refractivity (Wildman–Crippen MR) is 122 cm³/mol. The maximum atomic E-state index is 12.7. The highest BCUT2D eigenvalue weighted by Crippen LogP contribution is 2.33. The lowest BCUT2D eigenvalue weighted by Crippen LogP contribution is -2.27. The van der Waals surface area contributed by atoms with Crippen LogP contribution in [0.5, 0.6) is 5.75 Å². The van der Waals surface area contributed by atoms with E-state index in [1.54, 1.807) is 48.5 Å². The molecule has 0 bridgehead atoms. The van der Waals surface area contributed by atoms with Crippen LogP contribution in [0, 0.1) is 10.1 Å². The molecule has 1 aliphatic heterocycles. The van der Waals surface area contributed by atoms with Crippen LogP contribution in [0.4, 0.5) is 10.5 Å². The van der Waals surface area contributed by atoms with Crippen molar-refractivity contribution in [1.82, 2.24) is 4.90 Å². The summed E-state index contributed by atoms with van der Waals surface area (Å²) in [5.41, 5.74) is 2.03. The van der Waals surface area contributed by atoms with E-state index in [-0.39, 0.29) is 30.0 Å². The average Bonchev–Trinajstić information content (AvgIpc) is 3.06. The van der Waals surface area contributed by atoms with E-state index >= 15 is 0 Å². The summed E-state index contributed by atoms with van der Waals surface area (Å²) in [6, 6.07) is 22.7.